The van der Waals surface area contributed by atoms with Gasteiger partial charge in [0.1, 0.15) is 5.82 Å². The van der Waals surface area contributed by atoms with Crippen LogP contribution < -0.4 is 5.32 Å². The Hall–Kier alpha value is -1.62. The lowest BCUT2D eigenvalue weighted by Crippen LogP contribution is -2.43. The number of nitrogens with zero attached hydrogens (tertiary/aromatic N) is 2. The van der Waals surface area contributed by atoms with Crippen LogP contribution in [-0.2, 0) is 0 Å². The summed E-state index contributed by atoms with van der Waals surface area (Å²) in [5.74, 6) is 1.53. The number of H-pyrrole nitrogens is 1. The van der Waals surface area contributed by atoms with Crippen LogP contribution in [0.4, 0.5) is 0 Å². The fourth-order valence-electron chi connectivity index (χ4n) is 2.71. The van der Waals surface area contributed by atoms with Gasteiger partial charge in [-0.25, -0.2) is 4.98 Å². The van der Waals surface area contributed by atoms with Gasteiger partial charge in [0.25, 0.3) is 0 Å². The highest BCUT2D eigenvalue weighted by molar-refractivity contribution is 7.80. The van der Waals surface area contributed by atoms with Crippen LogP contribution in [0.2, 0.25) is 0 Å². The largest absolute Gasteiger partial charge is 0.366 e. The van der Waals surface area contributed by atoms with Gasteiger partial charge in [0.05, 0.1) is 11.0 Å². The number of para-hydroxylation sites is 2. The van der Waals surface area contributed by atoms with Gasteiger partial charge < -0.3 is 15.2 Å². The van der Waals surface area contributed by atoms with Crippen molar-refractivity contribution in [2.75, 3.05) is 20.1 Å². The fourth-order valence-corrected chi connectivity index (χ4v) is 2.87. The number of fused-ring (bicyclic) bond motifs is 1. The SMILES string of the molecule is CNC(=S)N1CCCC(c2nc3ccccc3[nH]2)C1. The summed E-state index contributed by atoms with van der Waals surface area (Å²) in [5.41, 5.74) is 2.16. The van der Waals surface area contributed by atoms with E-state index in [2.05, 4.69) is 21.3 Å². The summed E-state index contributed by atoms with van der Waals surface area (Å²) in [7, 11) is 1.88. The van der Waals surface area contributed by atoms with Crippen LogP contribution in [-0.4, -0.2) is 40.1 Å². The van der Waals surface area contributed by atoms with Gasteiger partial charge in [-0.1, -0.05) is 12.1 Å². The van der Waals surface area contributed by atoms with E-state index in [1.807, 2.05) is 25.2 Å². The molecule has 1 atom stereocenters. The van der Waals surface area contributed by atoms with Crippen molar-refractivity contribution in [2.45, 2.75) is 18.8 Å². The molecule has 3 rings (SSSR count). The summed E-state index contributed by atoms with van der Waals surface area (Å²) in [6.45, 7) is 1.98. The molecule has 100 valence electrons. The van der Waals surface area contributed by atoms with Crippen molar-refractivity contribution in [1.29, 1.82) is 0 Å². The van der Waals surface area contributed by atoms with Crippen molar-refractivity contribution in [3.63, 3.8) is 0 Å². The van der Waals surface area contributed by atoms with Crippen molar-refractivity contribution in [3.8, 4) is 0 Å². The lowest BCUT2D eigenvalue weighted by atomic mass is 9.98. The van der Waals surface area contributed by atoms with Crippen LogP contribution in [0.25, 0.3) is 11.0 Å². The van der Waals surface area contributed by atoms with Crippen molar-refractivity contribution >= 4 is 28.4 Å². The smallest absolute Gasteiger partial charge is 0.168 e. The summed E-state index contributed by atoms with van der Waals surface area (Å²) in [6, 6.07) is 8.18. The number of hydrogen-bond donors (Lipinski definition) is 2. The molecule has 4 nitrogen and oxygen atoms in total. The minimum Gasteiger partial charge on any atom is -0.366 e. The van der Waals surface area contributed by atoms with E-state index in [1.54, 1.807) is 0 Å². The Labute approximate surface area is 118 Å². The predicted molar refractivity (Wildman–Crippen MR) is 81.3 cm³/mol. The highest BCUT2D eigenvalue weighted by atomic mass is 32.1. The molecule has 5 heteroatoms. The Morgan fingerprint density at radius 2 is 2.32 bits per heavy atom. The molecule has 0 radical (unpaired) electrons. The molecule has 2 heterocycles. The second-order valence-corrected chi connectivity index (χ2v) is 5.37. The highest BCUT2D eigenvalue weighted by Crippen LogP contribution is 2.26. The summed E-state index contributed by atoms with van der Waals surface area (Å²) in [6.07, 6.45) is 2.33. The first kappa shape index (κ1) is 12.4. The molecule has 2 N–H and O–H groups in total. The van der Waals surface area contributed by atoms with E-state index >= 15 is 0 Å². The van der Waals surface area contributed by atoms with E-state index in [0.717, 1.165) is 41.5 Å². The van der Waals surface area contributed by atoms with E-state index in [4.69, 9.17) is 17.2 Å². The van der Waals surface area contributed by atoms with E-state index in [1.165, 1.54) is 6.42 Å². The number of likely N-dealkylation sites (tertiary alicyclic amines) is 1. The van der Waals surface area contributed by atoms with Gasteiger partial charge in [0.15, 0.2) is 5.11 Å². The predicted octanol–water partition coefficient (Wildman–Crippen LogP) is 2.25. The molecular formula is C14H18N4S. The average Bonchev–Trinajstić information content (AvgIpc) is 2.90. The van der Waals surface area contributed by atoms with Crippen molar-refractivity contribution < 1.29 is 0 Å². The number of aromatic amines is 1. The number of nitrogens with one attached hydrogen (secondary N) is 2. The second kappa shape index (κ2) is 5.17. The van der Waals surface area contributed by atoms with E-state index in [0.29, 0.717) is 5.92 Å². The number of piperidine rings is 1. The number of hydrogen-bond acceptors (Lipinski definition) is 2. The molecule has 2 aromatic rings. The van der Waals surface area contributed by atoms with Crippen LogP contribution in [0.3, 0.4) is 0 Å². The Morgan fingerprint density at radius 3 is 3.11 bits per heavy atom. The van der Waals surface area contributed by atoms with E-state index in [-0.39, 0.29) is 0 Å². The highest BCUT2D eigenvalue weighted by Gasteiger charge is 2.24. The third-order valence-corrected chi connectivity index (χ3v) is 4.18. The molecule has 1 saturated heterocycles. The van der Waals surface area contributed by atoms with Crippen LogP contribution in [0, 0.1) is 0 Å². The molecular weight excluding hydrogens is 256 g/mol. The summed E-state index contributed by atoms with van der Waals surface area (Å²) in [5, 5.41) is 3.89. The molecule has 1 aliphatic rings. The Bertz CT molecular complexity index is 559. The number of rotatable bonds is 1. The minimum atomic E-state index is 0.437. The van der Waals surface area contributed by atoms with Crippen molar-refractivity contribution in [1.82, 2.24) is 20.2 Å². The summed E-state index contributed by atoms with van der Waals surface area (Å²) >= 11 is 5.33. The van der Waals surface area contributed by atoms with Crippen molar-refractivity contribution in [3.05, 3.63) is 30.1 Å². The zero-order valence-electron chi connectivity index (χ0n) is 11.0. The Morgan fingerprint density at radius 1 is 1.47 bits per heavy atom. The van der Waals surface area contributed by atoms with E-state index < -0.39 is 0 Å². The molecule has 1 unspecified atom stereocenters. The summed E-state index contributed by atoms with van der Waals surface area (Å²) < 4.78 is 0. The lowest BCUT2D eigenvalue weighted by molar-refractivity contribution is 0.301. The Balaban J connectivity index is 1.83. The lowest BCUT2D eigenvalue weighted by Gasteiger charge is -2.33. The zero-order chi connectivity index (χ0) is 13.2. The van der Waals surface area contributed by atoms with Gasteiger partial charge in [-0.2, -0.15) is 0 Å². The van der Waals surface area contributed by atoms with Gasteiger partial charge in [-0.3, -0.25) is 0 Å². The average molecular weight is 274 g/mol. The van der Waals surface area contributed by atoms with Gasteiger partial charge in [-0.15, -0.1) is 0 Å². The topological polar surface area (TPSA) is 44.0 Å². The van der Waals surface area contributed by atoms with Gasteiger partial charge >= 0.3 is 0 Å². The molecule has 0 aliphatic carbocycles. The minimum absolute atomic E-state index is 0.437. The first-order valence-electron chi connectivity index (χ1n) is 6.69. The van der Waals surface area contributed by atoms with Crippen molar-refractivity contribution in [2.24, 2.45) is 0 Å². The van der Waals surface area contributed by atoms with Gasteiger partial charge in [0.2, 0.25) is 0 Å². The number of thiocarbonyl (C=S) groups is 1. The summed E-state index contributed by atoms with van der Waals surface area (Å²) in [4.78, 5) is 10.4. The monoisotopic (exact) mass is 274 g/mol. The molecule has 0 spiro atoms. The van der Waals surface area contributed by atoms with Crippen LogP contribution in [0.5, 0.6) is 0 Å². The molecule has 1 aromatic carbocycles. The molecule has 0 saturated carbocycles. The molecule has 1 aromatic heterocycles. The molecule has 1 aliphatic heterocycles. The number of benzene rings is 1. The maximum Gasteiger partial charge on any atom is 0.168 e. The van der Waals surface area contributed by atoms with Crippen LogP contribution in [0.15, 0.2) is 24.3 Å². The quantitative estimate of drug-likeness (QED) is 0.783. The number of imidazole rings is 1. The van der Waals surface area contributed by atoms with Gasteiger partial charge in [0, 0.05) is 26.1 Å². The van der Waals surface area contributed by atoms with Gasteiger partial charge in [-0.05, 0) is 37.2 Å². The molecule has 1 fully saturated rings. The van der Waals surface area contributed by atoms with E-state index in [9.17, 15) is 0 Å². The first-order chi connectivity index (χ1) is 9.28. The molecule has 0 bridgehead atoms. The normalized spacial score (nSPS) is 19.6. The third-order valence-electron chi connectivity index (χ3n) is 3.72. The van der Waals surface area contributed by atoms with Crippen LogP contribution >= 0.6 is 12.2 Å². The first-order valence-corrected chi connectivity index (χ1v) is 7.10. The standard InChI is InChI=1S/C14H18N4S/c1-15-14(19)18-8-4-5-10(9-18)13-16-11-6-2-3-7-12(11)17-13/h2-3,6-7,10H,4-5,8-9H2,1H3,(H,15,19)(H,16,17). The second-order valence-electron chi connectivity index (χ2n) is 4.98. The molecule has 0 amide bonds. The van der Waals surface area contributed by atoms with Crippen LogP contribution in [0.1, 0.15) is 24.6 Å². The zero-order valence-corrected chi connectivity index (χ0v) is 11.8. The third kappa shape index (κ3) is 2.42. The molecule has 19 heavy (non-hydrogen) atoms. The maximum atomic E-state index is 5.33. The fraction of sp³-hybridized carbons (Fsp3) is 0.429. The maximum absolute atomic E-state index is 5.33. The Kier molecular flexibility index (Phi) is 3.38. The number of aromatic nitrogens is 2.